The lowest BCUT2D eigenvalue weighted by Gasteiger charge is -2.23. The summed E-state index contributed by atoms with van der Waals surface area (Å²) in [7, 11) is 0. The third kappa shape index (κ3) is 1.86. The number of carboxylic acids is 1. The van der Waals surface area contributed by atoms with Gasteiger partial charge in [-0.15, -0.1) is 0 Å². The van der Waals surface area contributed by atoms with E-state index in [1.165, 1.54) is 12.1 Å². The zero-order valence-corrected chi connectivity index (χ0v) is 9.47. The lowest BCUT2D eigenvalue weighted by atomic mass is 9.91. The number of rotatable bonds is 1. The van der Waals surface area contributed by atoms with Crippen molar-refractivity contribution in [2.75, 3.05) is 5.32 Å². The molecule has 0 fully saturated rings. The van der Waals surface area contributed by atoms with Gasteiger partial charge in [0.1, 0.15) is 0 Å². The van der Waals surface area contributed by atoms with Crippen molar-refractivity contribution in [1.29, 1.82) is 0 Å². The first-order valence-corrected chi connectivity index (χ1v) is 5.26. The van der Waals surface area contributed by atoms with E-state index in [0.29, 0.717) is 16.3 Å². The van der Waals surface area contributed by atoms with E-state index in [-0.39, 0.29) is 17.4 Å². The Morgan fingerprint density at radius 3 is 2.75 bits per heavy atom. The molecule has 2 rings (SSSR count). The van der Waals surface area contributed by atoms with E-state index in [2.05, 4.69) is 5.32 Å². The number of aliphatic carboxylic acids is 1. The molecule has 0 aliphatic carbocycles. The molecule has 0 aromatic heterocycles. The van der Waals surface area contributed by atoms with Crippen LogP contribution in [0.5, 0.6) is 0 Å². The van der Waals surface area contributed by atoms with E-state index >= 15 is 0 Å². The van der Waals surface area contributed by atoms with Crippen molar-refractivity contribution in [3.05, 3.63) is 27.7 Å². The summed E-state index contributed by atoms with van der Waals surface area (Å²) in [5.41, 5.74) is 0.791. The van der Waals surface area contributed by atoms with Crippen molar-refractivity contribution in [2.45, 2.75) is 12.3 Å². The maximum Gasteiger partial charge on any atom is 0.311 e. The second-order valence-electron chi connectivity index (χ2n) is 3.49. The minimum Gasteiger partial charge on any atom is -0.481 e. The number of nitrogens with one attached hydrogen (secondary N) is 1. The van der Waals surface area contributed by atoms with Crippen molar-refractivity contribution in [2.24, 2.45) is 0 Å². The predicted molar refractivity (Wildman–Crippen MR) is 60.1 cm³/mol. The van der Waals surface area contributed by atoms with Gasteiger partial charge in [-0.1, -0.05) is 23.2 Å². The minimum absolute atomic E-state index is 0.0982. The smallest absolute Gasteiger partial charge is 0.311 e. The molecular formula is C10H7Cl2NO3. The van der Waals surface area contributed by atoms with E-state index in [0.717, 1.165) is 0 Å². The molecule has 0 saturated heterocycles. The Hall–Kier alpha value is -1.26. The summed E-state index contributed by atoms with van der Waals surface area (Å²) >= 11 is 11.7. The van der Waals surface area contributed by atoms with Crippen LogP contribution in [0.1, 0.15) is 17.9 Å². The zero-order chi connectivity index (χ0) is 11.9. The van der Waals surface area contributed by atoms with Gasteiger partial charge in [-0.3, -0.25) is 9.59 Å². The molecule has 0 bridgehead atoms. The molecule has 1 amide bonds. The molecule has 84 valence electrons. The molecule has 1 aromatic rings. The van der Waals surface area contributed by atoms with Gasteiger partial charge in [0.25, 0.3) is 0 Å². The fraction of sp³-hybridized carbons (Fsp3) is 0.200. The summed E-state index contributed by atoms with van der Waals surface area (Å²) in [5, 5.41) is 12.2. The summed E-state index contributed by atoms with van der Waals surface area (Å²) in [6.07, 6.45) is -0.0982. The van der Waals surface area contributed by atoms with Gasteiger partial charge in [0.05, 0.1) is 16.6 Å². The number of fused-ring (bicyclic) bond motifs is 1. The van der Waals surface area contributed by atoms with E-state index in [1.807, 2.05) is 0 Å². The van der Waals surface area contributed by atoms with Crippen LogP contribution in [0.15, 0.2) is 12.1 Å². The Labute approximate surface area is 101 Å². The van der Waals surface area contributed by atoms with E-state index in [4.69, 9.17) is 28.3 Å². The molecule has 1 aliphatic heterocycles. The molecule has 1 heterocycles. The van der Waals surface area contributed by atoms with Crippen LogP contribution in [0.2, 0.25) is 10.0 Å². The molecule has 0 spiro atoms. The molecule has 1 unspecified atom stereocenters. The Morgan fingerprint density at radius 1 is 1.44 bits per heavy atom. The van der Waals surface area contributed by atoms with Crippen LogP contribution < -0.4 is 5.32 Å². The average molecular weight is 260 g/mol. The van der Waals surface area contributed by atoms with Gasteiger partial charge in [-0.25, -0.2) is 0 Å². The fourth-order valence-corrected chi connectivity index (χ4v) is 2.26. The number of halogens is 2. The minimum atomic E-state index is -1.06. The maximum absolute atomic E-state index is 11.3. The third-order valence-corrected chi connectivity index (χ3v) is 2.93. The number of anilines is 1. The van der Waals surface area contributed by atoms with E-state index < -0.39 is 11.9 Å². The molecule has 0 saturated carbocycles. The van der Waals surface area contributed by atoms with E-state index in [1.54, 1.807) is 0 Å². The van der Waals surface area contributed by atoms with Crippen LogP contribution in [-0.4, -0.2) is 17.0 Å². The highest BCUT2D eigenvalue weighted by Gasteiger charge is 2.32. The van der Waals surface area contributed by atoms with Gasteiger partial charge in [-0.05, 0) is 17.7 Å². The monoisotopic (exact) mass is 259 g/mol. The second kappa shape index (κ2) is 3.96. The number of amides is 1. The Bertz CT molecular complexity index is 487. The van der Waals surface area contributed by atoms with Crippen LogP contribution in [0, 0.1) is 0 Å². The second-order valence-corrected chi connectivity index (χ2v) is 4.34. The van der Waals surface area contributed by atoms with Gasteiger partial charge < -0.3 is 10.4 Å². The molecule has 1 atom stereocenters. The Kier molecular flexibility index (Phi) is 2.78. The summed E-state index contributed by atoms with van der Waals surface area (Å²) in [6.45, 7) is 0. The molecular weight excluding hydrogens is 253 g/mol. The van der Waals surface area contributed by atoms with Crippen LogP contribution in [-0.2, 0) is 9.59 Å². The quantitative estimate of drug-likeness (QED) is 0.815. The Morgan fingerprint density at radius 2 is 2.12 bits per heavy atom. The first-order chi connectivity index (χ1) is 7.49. The molecule has 2 N–H and O–H groups in total. The van der Waals surface area contributed by atoms with Crippen molar-refractivity contribution < 1.29 is 14.7 Å². The highest BCUT2D eigenvalue weighted by Crippen LogP contribution is 2.39. The SMILES string of the molecule is O=C1CC(C(=O)O)c2cc(Cl)cc(Cl)c2N1. The number of hydrogen-bond acceptors (Lipinski definition) is 2. The summed E-state index contributed by atoms with van der Waals surface area (Å²) in [5.74, 6) is -2.31. The summed E-state index contributed by atoms with van der Waals surface area (Å²) in [6, 6.07) is 2.98. The molecule has 4 nitrogen and oxygen atoms in total. The average Bonchev–Trinajstić information content (AvgIpc) is 2.18. The molecule has 1 aliphatic rings. The normalized spacial score (nSPS) is 18.9. The van der Waals surface area contributed by atoms with Crippen molar-refractivity contribution >= 4 is 40.8 Å². The summed E-state index contributed by atoms with van der Waals surface area (Å²) in [4.78, 5) is 22.3. The van der Waals surface area contributed by atoms with E-state index in [9.17, 15) is 9.59 Å². The fourth-order valence-electron chi connectivity index (χ4n) is 1.71. The van der Waals surface area contributed by atoms with Crippen molar-refractivity contribution in [3.8, 4) is 0 Å². The van der Waals surface area contributed by atoms with Crippen LogP contribution >= 0.6 is 23.2 Å². The standard InChI is InChI=1S/C10H7Cl2NO3/c11-4-1-5-6(10(15)16)3-8(14)13-9(5)7(12)2-4/h1-2,6H,3H2,(H,13,14)(H,15,16). The molecule has 0 radical (unpaired) electrons. The van der Waals surface area contributed by atoms with Gasteiger partial charge in [-0.2, -0.15) is 0 Å². The Balaban J connectivity index is 2.61. The number of benzene rings is 1. The highest BCUT2D eigenvalue weighted by atomic mass is 35.5. The topological polar surface area (TPSA) is 66.4 Å². The lowest BCUT2D eigenvalue weighted by Crippen LogP contribution is -2.27. The lowest BCUT2D eigenvalue weighted by molar-refractivity contribution is -0.140. The maximum atomic E-state index is 11.3. The van der Waals surface area contributed by atoms with Gasteiger partial charge in [0.2, 0.25) is 5.91 Å². The highest BCUT2D eigenvalue weighted by molar-refractivity contribution is 6.37. The molecule has 6 heteroatoms. The van der Waals surface area contributed by atoms with Crippen LogP contribution in [0.25, 0.3) is 0 Å². The predicted octanol–water partition coefficient (Wildman–Crippen LogP) is 2.50. The van der Waals surface area contributed by atoms with Gasteiger partial charge in [0, 0.05) is 11.4 Å². The number of hydrogen-bond donors (Lipinski definition) is 2. The van der Waals surface area contributed by atoms with Crippen molar-refractivity contribution in [3.63, 3.8) is 0 Å². The first kappa shape index (κ1) is 11.2. The number of carbonyl (C=O) groups excluding carboxylic acids is 1. The van der Waals surface area contributed by atoms with Gasteiger partial charge in [0.15, 0.2) is 0 Å². The number of carboxylic acid groups (broad SMARTS) is 1. The molecule has 16 heavy (non-hydrogen) atoms. The zero-order valence-electron chi connectivity index (χ0n) is 7.96. The number of carbonyl (C=O) groups is 2. The third-order valence-electron chi connectivity index (χ3n) is 2.41. The first-order valence-electron chi connectivity index (χ1n) is 4.50. The molecule has 1 aromatic carbocycles. The largest absolute Gasteiger partial charge is 0.481 e. The van der Waals surface area contributed by atoms with Crippen LogP contribution in [0.4, 0.5) is 5.69 Å². The van der Waals surface area contributed by atoms with Crippen LogP contribution in [0.3, 0.4) is 0 Å². The van der Waals surface area contributed by atoms with Gasteiger partial charge >= 0.3 is 5.97 Å². The van der Waals surface area contributed by atoms with Crippen molar-refractivity contribution in [1.82, 2.24) is 0 Å². The summed E-state index contributed by atoms with van der Waals surface area (Å²) < 4.78 is 0.